The fourth-order valence-electron chi connectivity index (χ4n) is 3.64. The lowest BCUT2D eigenvalue weighted by Crippen LogP contribution is -2.55. The number of amides is 1. The number of ketones is 2. The number of benzene rings is 3. The highest BCUT2D eigenvalue weighted by Gasteiger charge is 2.48. The fraction of sp³-hybridized carbons (Fsp3) is 0.125. The van der Waals surface area contributed by atoms with Gasteiger partial charge in [-0.1, -0.05) is 30.3 Å². The number of ether oxygens (including phenoxy) is 1. The zero-order chi connectivity index (χ0) is 23.6. The van der Waals surface area contributed by atoms with E-state index in [2.05, 4.69) is 5.32 Å². The van der Waals surface area contributed by atoms with Crippen molar-refractivity contribution < 1.29 is 27.5 Å². The molecular formula is C24H20N2O6S. The number of rotatable bonds is 6. The van der Waals surface area contributed by atoms with Crippen molar-refractivity contribution in [3.05, 3.63) is 90.0 Å². The second-order valence-electron chi connectivity index (χ2n) is 7.32. The molecule has 1 amide bonds. The monoisotopic (exact) mass is 464 g/mol. The first-order valence-electron chi connectivity index (χ1n) is 10.0. The molecule has 1 unspecified atom stereocenters. The van der Waals surface area contributed by atoms with E-state index >= 15 is 0 Å². The summed E-state index contributed by atoms with van der Waals surface area (Å²) in [7, 11) is -2.84. The minimum Gasteiger partial charge on any atom is -0.497 e. The van der Waals surface area contributed by atoms with E-state index < -0.39 is 40.1 Å². The molecule has 1 aliphatic rings. The van der Waals surface area contributed by atoms with Crippen LogP contribution in [-0.2, 0) is 14.8 Å². The number of sulfonamides is 1. The third-order valence-electron chi connectivity index (χ3n) is 5.26. The molecule has 0 radical (unpaired) electrons. The van der Waals surface area contributed by atoms with Crippen molar-refractivity contribution in [1.82, 2.24) is 4.31 Å². The van der Waals surface area contributed by atoms with E-state index in [0.29, 0.717) is 15.7 Å². The van der Waals surface area contributed by atoms with Gasteiger partial charge in [-0.15, -0.1) is 0 Å². The van der Waals surface area contributed by atoms with Crippen LogP contribution in [0.15, 0.2) is 83.8 Å². The van der Waals surface area contributed by atoms with E-state index in [4.69, 9.17) is 4.74 Å². The van der Waals surface area contributed by atoms with Gasteiger partial charge in [0.2, 0.25) is 15.9 Å². The Bertz CT molecular complexity index is 1320. The molecule has 33 heavy (non-hydrogen) atoms. The number of anilines is 1. The topological polar surface area (TPSA) is 110 Å². The molecule has 0 saturated carbocycles. The first-order valence-corrected chi connectivity index (χ1v) is 11.4. The smallest absolute Gasteiger partial charge is 0.245 e. The Hall–Kier alpha value is -3.82. The Balaban J connectivity index is 1.74. The molecule has 0 fully saturated rings. The lowest BCUT2D eigenvalue weighted by atomic mass is 9.95. The van der Waals surface area contributed by atoms with Crippen LogP contribution in [0, 0.1) is 0 Å². The number of nitrogens with one attached hydrogen (secondary N) is 1. The highest BCUT2D eigenvalue weighted by molar-refractivity contribution is 7.89. The van der Waals surface area contributed by atoms with Crippen molar-refractivity contribution in [3.63, 3.8) is 0 Å². The Labute approximate surface area is 190 Å². The van der Waals surface area contributed by atoms with Gasteiger partial charge in [-0.3, -0.25) is 14.4 Å². The lowest BCUT2D eigenvalue weighted by molar-refractivity contribution is -0.116. The molecule has 3 aromatic rings. The number of hydrogen-bond donors (Lipinski definition) is 1. The summed E-state index contributed by atoms with van der Waals surface area (Å²) in [5.74, 6) is -1.59. The Kier molecular flexibility index (Phi) is 6.08. The number of fused-ring (bicyclic) bond motifs is 1. The molecule has 1 N–H and O–H groups in total. The summed E-state index contributed by atoms with van der Waals surface area (Å²) in [6.07, 6.45) is 0. The SMILES string of the molecule is COc1ccc(C(=O)C2C(=O)c3ccccc3S(=O)(=O)N2CC(=O)Nc2ccccc2)cc1. The highest BCUT2D eigenvalue weighted by Crippen LogP contribution is 2.31. The highest BCUT2D eigenvalue weighted by atomic mass is 32.2. The van der Waals surface area contributed by atoms with Crippen molar-refractivity contribution in [2.75, 3.05) is 19.0 Å². The molecule has 0 aromatic heterocycles. The Morgan fingerprint density at radius 1 is 0.939 bits per heavy atom. The van der Waals surface area contributed by atoms with E-state index in [1.54, 1.807) is 30.3 Å². The van der Waals surface area contributed by atoms with Gasteiger partial charge in [0.1, 0.15) is 5.75 Å². The number of Topliss-reactive ketones (excluding diaryl/α,β-unsaturated/α-hetero) is 2. The van der Waals surface area contributed by atoms with Crippen LogP contribution < -0.4 is 10.1 Å². The molecule has 0 saturated heterocycles. The van der Waals surface area contributed by atoms with Gasteiger partial charge < -0.3 is 10.1 Å². The Morgan fingerprint density at radius 2 is 1.58 bits per heavy atom. The third-order valence-corrected chi connectivity index (χ3v) is 7.12. The van der Waals surface area contributed by atoms with Gasteiger partial charge in [-0.05, 0) is 48.5 Å². The van der Waals surface area contributed by atoms with Gasteiger partial charge in [-0.25, -0.2) is 8.42 Å². The number of carbonyl (C=O) groups is 3. The molecule has 0 bridgehead atoms. The third kappa shape index (κ3) is 4.28. The first kappa shape index (κ1) is 22.4. The van der Waals surface area contributed by atoms with Crippen molar-refractivity contribution in [2.24, 2.45) is 0 Å². The van der Waals surface area contributed by atoms with Crippen LogP contribution in [-0.4, -0.2) is 49.9 Å². The van der Waals surface area contributed by atoms with E-state index in [9.17, 15) is 22.8 Å². The van der Waals surface area contributed by atoms with E-state index in [1.165, 1.54) is 55.6 Å². The molecule has 4 rings (SSSR count). The number of para-hydroxylation sites is 1. The van der Waals surface area contributed by atoms with Gasteiger partial charge in [-0.2, -0.15) is 4.31 Å². The lowest BCUT2D eigenvalue weighted by Gasteiger charge is -2.33. The van der Waals surface area contributed by atoms with Gasteiger partial charge in [0.05, 0.1) is 18.6 Å². The molecule has 1 heterocycles. The average Bonchev–Trinajstić information content (AvgIpc) is 2.83. The molecule has 0 aliphatic carbocycles. The van der Waals surface area contributed by atoms with Crippen LogP contribution in [0.25, 0.3) is 0 Å². The zero-order valence-corrected chi connectivity index (χ0v) is 18.4. The average molecular weight is 464 g/mol. The van der Waals surface area contributed by atoms with Crippen LogP contribution in [0.3, 0.4) is 0 Å². The van der Waals surface area contributed by atoms with Gasteiger partial charge in [0, 0.05) is 16.8 Å². The predicted octanol–water partition coefficient (Wildman–Crippen LogP) is 2.77. The minimum atomic E-state index is -4.31. The quantitative estimate of drug-likeness (QED) is 0.444. The molecule has 8 nitrogen and oxygen atoms in total. The molecule has 1 atom stereocenters. The zero-order valence-electron chi connectivity index (χ0n) is 17.6. The predicted molar refractivity (Wildman–Crippen MR) is 121 cm³/mol. The summed E-state index contributed by atoms with van der Waals surface area (Å²) in [4.78, 5) is 39.2. The summed E-state index contributed by atoms with van der Waals surface area (Å²) in [5, 5.41) is 2.60. The normalized spacial score (nSPS) is 17.1. The molecule has 0 spiro atoms. The van der Waals surface area contributed by atoms with E-state index in [-0.39, 0.29) is 16.0 Å². The van der Waals surface area contributed by atoms with Crippen molar-refractivity contribution in [1.29, 1.82) is 0 Å². The fourth-order valence-corrected chi connectivity index (χ4v) is 5.35. The molecule has 1 aliphatic heterocycles. The van der Waals surface area contributed by atoms with Crippen LogP contribution in [0.5, 0.6) is 5.75 Å². The van der Waals surface area contributed by atoms with Crippen LogP contribution in [0.2, 0.25) is 0 Å². The molecule has 168 valence electrons. The van der Waals surface area contributed by atoms with E-state index in [1.807, 2.05) is 0 Å². The van der Waals surface area contributed by atoms with Gasteiger partial charge in [0.15, 0.2) is 17.6 Å². The number of nitrogens with zero attached hydrogens (tertiary/aromatic N) is 1. The summed E-state index contributed by atoms with van der Waals surface area (Å²) in [6.45, 7) is -0.705. The Morgan fingerprint density at radius 3 is 2.24 bits per heavy atom. The van der Waals surface area contributed by atoms with Gasteiger partial charge >= 0.3 is 0 Å². The maximum atomic E-state index is 13.4. The second kappa shape index (κ2) is 8.97. The largest absolute Gasteiger partial charge is 0.497 e. The van der Waals surface area contributed by atoms with Crippen molar-refractivity contribution in [2.45, 2.75) is 10.9 Å². The molecular weight excluding hydrogens is 444 g/mol. The minimum absolute atomic E-state index is 0.0796. The second-order valence-corrected chi connectivity index (χ2v) is 9.18. The maximum absolute atomic E-state index is 13.4. The number of methoxy groups -OCH3 is 1. The number of carbonyl (C=O) groups excluding carboxylic acids is 3. The van der Waals surface area contributed by atoms with Gasteiger partial charge in [0.25, 0.3) is 0 Å². The number of hydrogen-bond acceptors (Lipinski definition) is 6. The molecule has 9 heteroatoms. The standard InChI is InChI=1S/C24H20N2O6S/c1-32-18-13-11-16(12-14-18)23(28)22-24(29)19-9-5-6-10-20(19)33(30,31)26(22)15-21(27)25-17-7-3-2-4-8-17/h2-14,22H,15H2,1H3,(H,25,27). The summed E-state index contributed by atoms with van der Waals surface area (Å²) >= 11 is 0. The van der Waals surface area contributed by atoms with E-state index in [0.717, 1.165) is 0 Å². The van der Waals surface area contributed by atoms with Crippen molar-refractivity contribution in [3.8, 4) is 5.75 Å². The first-order chi connectivity index (χ1) is 15.8. The van der Waals surface area contributed by atoms with Crippen LogP contribution in [0.1, 0.15) is 20.7 Å². The summed E-state index contributed by atoms with van der Waals surface area (Å²) < 4.78 is 32.6. The van der Waals surface area contributed by atoms with Crippen LogP contribution in [0.4, 0.5) is 5.69 Å². The van der Waals surface area contributed by atoms with Crippen molar-refractivity contribution >= 4 is 33.2 Å². The molecule has 3 aromatic carbocycles. The summed E-state index contributed by atoms with van der Waals surface area (Å²) in [6, 6.07) is 18.4. The van der Waals surface area contributed by atoms with Crippen LogP contribution >= 0.6 is 0 Å². The maximum Gasteiger partial charge on any atom is 0.245 e. The summed E-state index contributed by atoms with van der Waals surface area (Å²) in [5.41, 5.74) is 0.503.